The Morgan fingerprint density at radius 2 is 1.90 bits per heavy atom. The molecule has 1 fully saturated rings. The third-order valence-corrected chi connectivity index (χ3v) is 7.95. The Bertz CT molecular complexity index is 1080. The zero-order valence-corrected chi connectivity index (χ0v) is 18.3. The van der Waals surface area contributed by atoms with Crippen LogP contribution in [0.15, 0.2) is 41.3 Å². The Labute approximate surface area is 181 Å². The van der Waals surface area contributed by atoms with E-state index in [4.69, 9.17) is 21.1 Å². The second kappa shape index (κ2) is 8.19. The highest BCUT2D eigenvalue weighted by Gasteiger charge is 2.32. The molecule has 0 aliphatic carbocycles. The first-order valence-corrected chi connectivity index (χ1v) is 11.6. The number of nitrogens with one attached hydrogen (secondary N) is 1. The van der Waals surface area contributed by atoms with Gasteiger partial charge in [-0.2, -0.15) is 4.31 Å². The number of rotatable bonds is 4. The normalized spacial score (nSPS) is 21.7. The molecule has 0 saturated carbocycles. The lowest BCUT2D eigenvalue weighted by Gasteiger charge is -2.26. The summed E-state index contributed by atoms with van der Waals surface area (Å²) in [4.78, 5) is 12.9. The average molecular weight is 451 g/mol. The summed E-state index contributed by atoms with van der Waals surface area (Å²) in [7, 11) is -3.79. The van der Waals surface area contributed by atoms with Crippen LogP contribution < -0.4 is 10.1 Å². The highest BCUT2D eigenvalue weighted by molar-refractivity contribution is 7.89. The number of hydrogen-bond acceptors (Lipinski definition) is 5. The summed E-state index contributed by atoms with van der Waals surface area (Å²) in [6.45, 7) is 5.22. The molecule has 30 heavy (non-hydrogen) atoms. The van der Waals surface area contributed by atoms with Crippen LogP contribution in [0.3, 0.4) is 0 Å². The van der Waals surface area contributed by atoms with Gasteiger partial charge in [0.1, 0.15) is 16.7 Å². The minimum Gasteiger partial charge on any atom is -0.489 e. The quantitative estimate of drug-likeness (QED) is 0.770. The van der Waals surface area contributed by atoms with Crippen LogP contribution in [0.5, 0.6) is 5.75 Å². The van der Waals surface area contributed by atoms with Crippen LogP contribution in [-0.2, 0) is 14.8 Å². The monoisotopic (exact) mass is 450 g/mol. The molecule has 2 heterocycles. The van der Waals surface area contributed by atoms with Gasteiger partial charge in [-0.25, -0.2) is 8.42 Å². The fraction of sp³-hybridized carbons (Fsp3) is 0.381. The molecule has 2 aromatic rings. The Kier molecular flexibility index (Phi) is 5.76. The van der Waals surface area contributed by atoms with Gasteiger partial charge in [-0.05, 0) is 31.2 Å². The summed E-state index contributed by atoms with van der Waals surface area (Å²) in [6.07, 6.45) is -0.0188. The number of halogens is 1. The van der Waals surface area contributed by atoms with E-state index in [9.17, 15) is 13.2 Å². The van der Waals surface area contributed by atoms with E-state index in [2.05, 4.69) is 12.2 Å². The predicted octanol–water partition coefficient (Wildman–Crippen LogP) is 3.50. The number of benzene rings is 2. The average Bonchev–Trinajstić information content (AvgIpc) is 3.04. The molecule has 1 saturated heterocycles. The van der Waals surface area contributed by atoms with Gasteiger partial charge < -0.3 is 14.8 Å². The molecular weight excluding hydrogens is 428 g/mol. The summed E-state index contributed by atoms with van der Waals surface area (Å²) in [6, 6.07) is 9.91. The van der Waals surface area contributed by atoms with Gasteiger partial charge in [0.25, 0.3) is 5.91 Å². The molecule has 0 unspecified atom stereocenters. The molecule has 9 heteroatoms. The van der Waals surface area contributed by atoms with Gasteiger partial charge in [-0.15, -0.1) is 0 Å². The highest BCUT2D eigenvalue weighted by atomic mass is 35.5. The van der Waals surface area contributed by atoms with Crippen molar-refractivity contribution in [2.24, 2.45) is 0 Å². The Balaban J connectivity index is 1.61. The van der Waals surface area contributed by atoms with Crippen molar-refractivity contribution in [1.29, 1.82) is 0 Å². The SMILES string of the molecule is C[C@@H]1c2cccc(C(=O)Nc3ccc(Cl)c(S(=O)(=O)N4CCOCC4)c3)c2O[C@@H]1C. The first-order valence-electron chi connectivity index (χ1n) is 9.77. The number of carbonyl (C=O) groups excluding carboxylic acids is 1. The molecule has 2 aliphatic heterocycles. The third-order valence-electron chi connectivity index (χ3n) is 5.57. The first-order chi connectivity index (χ1) is 14.3. The lowest BCUT2D eigenvalue weighted by atomic mass is 9.97. The van der Waals surface area contributed by atoms with Crippen molar-refractivity contribution in [2.75, 3.05) is 31.6 Å². The van der Waals surface area contributed by atoms with E-state index in [0.717, 1.165) is 5.56 Å². The van der Waals surface area contributed by atoms with Gasteiger partial charge in [-0.3, -0.25) is 4.79 Å². The number of amides is 1. The van der Waals surface area contributed by atoms with Crippen molar-refractivity contribution < 1.29 is 22.7 Å². The number of anilines is 1. The van der Waals surface area contributed by atoms with E-state index >= 15 is 0 Å². The van der Waals surface area contributed by atoms with Crippen LogP contribution in [0.2, 0.25) is 5.02 Å². The van der Waals surface area contributed by atoms with Gasteiger partial charge in [0.2, 0.25) is 10.0 Å². The van der Waals surface area contributed by atoms with E-state index in [1.807, 2.05) is 19.1 Å². The summed E-state index contributed by atoms with van der Waals surface area (Å²) < 4.78 is 38.4. The van der Waals surface area contributed by atoms with Crippen LogP contribution in [0.4, 0.5) is 5.69 Å². The maximum atomic E-state index is 13.0. The van der Waals surface area contributed by atoms with E-state index < -0.39 is 10.0 Å². The number of fused-ring (bicyclic) bond motifs is 1. The second-order valence-corrected chi connectivity index (χ2v) is 9.76. The molecule has 0 spiro atoms. The van der Waals surface area contributed by atoms with Crippen molar-refractivity contribution in [2.45, 2.75) is 30.8 Å². The molecular formula is C21H23ClN2O5S. The molecule has 2 aliphatic rings. The second-order valence-electron chi connectivity index (χ2n) is 7.45. The zero-order valence-electron chi connectivity index (χ0n) is 16.7. The fourth-order valence-corrected chi connectivity index (χ4v) is 5.58. The highest BCUT2D eigenvalue weighted by Crippen LogP contribution is 2.40. The first kappa shape index (κ1) is 21.1. The van der Waals surface area contributed by atoms with Crippen molar-refractivity contribution >= 4 is 33.2 Å². The lowest BCUT2D eigenvalue weighted by molar-refractivity contribution is 0.0730. The van der Waals surface area contributed by atoms with Crippen molar-refractivity contribution in [1.82, 2.24) is 4.31 Å². The van der Waals surface area contributed by atoms with Gasteiger partial charge >= 0.3 is 0 Å². The van der Waals surface area contributed by atoms with Crippen molar-refractivity contribution in [3.05, 3.63) is 52.5 Å². The van der Waals surface area contributed by atoms with E-state index in [1.54, 1.807) is 12.1 Å². The Morgan fingerprint density at radius 1 is 1.17 bits per heavy atom. The summed E-state index contributed by atoms with van der Waals surface area (Å²) >= 11 is 6.19. The van der Waals surface area contributed by atoms with Gasteiger partial charge in [0, 0.05) is 30.3 Å². The predicted molar refractivity (Wildman–Crippen MR) is 114 cm³/mol. The van der Waals surface area contributed by atoms with Crippen molar-refractivity contribution in [3.63, 3.8) is 0 Å². The molecule has 0 bridgehead atoms. The standard InChI is InChI=1S/C21H23ClN2O5S/c1-13-14(2)29-20-16(13)4-3-5-17(20)21(25)23-15-6-7-18(22)19(12-15)30(26,27)24-8-10-28-11-9-24/h3-7,12-14H,8-11H2,1-2H3,(H,23,25)/t13-,14+/m0/s1. The van der Waals surface area contributed by atoms with Crippen LogP contribution in [0, 0.1) is 0 Å². The Morgan fingerprint density at radius 3 is 2.63 bits per heavy atom. The van der Waals surface area contributed by atoms with Crippen LogP contribution in [-0.4, -0.2) is 51.0 Å². The summed E-state index contributed by atoms with van der Waals surface area (Å²) in [5.74, 6) is 0.392. The molecule has 1 amide bonds. The fourth-order valence-electron chi connectivity index (χ4n) is 3.67. The van der Waals surface area contributed by atoms with E-state index in [-0.39, 0.29) is 40.9 Å². The van der Waals surface area contributed by atoms with Gasteiger partial charge in [0.15, 0.2) is 0 Å². The minimum absolute atomic E-state index is 0.0188. The number of para-hydroxylation sites is 1. The van der Waals surface area contributed by atoms with Crippen LogP contribution >= 0.6 is 11.6 Å². The maximum absolute atomic E-state index is 13.0. The molecule has 4 rings (SSSR count). The number of nitrogens with zero attached hydrogens (tertiary/aromatic N) is 1. The third kappa shape index (κ3) is 3.80. The largest absolute Gasteiger partial charge is 0.489 e. The van der Waals surface area contributed by atoms with Gasteiger partial charge in [-0.1, -0.05) is 30.7 Å². The summed E-state index contributed by atoms with van der Waals surface area (Å²) in [5, 5.41) is 2.88. The lowest BCUT2D eigenvalue weighted by Crippen LogP contribution is -2.40. The van der Waals surface area contributed by atoms with E-state index in [1.165, 1.54) is 16.4 Å². The Hall–Kier alpha value is -2.13. The number of sulfonamides is 1. The number of hydrogen-bond donors (Lipinski definition) is 1. The molecule has 2 aromatic carbocycles. The van der Waals surface area contributed by atoms with Gasteiger partial charge in [0.05, 0.1) is 23.8 Å². The number of ether oxygens (including phenoxy) is 2. The molecule has 0 radical (unpaired) electrons. The number of morpholine rings is 1. The molecule has 1 N–H and O–H groups in total. The van der Waals surface area contributed by atoms with Crippen molar-refractivity contribution in [3.8, 4) is 5.75 Å². The summed E-state index contributed by atoms with van der Waals surface area (Å²) in [5.41, 5.74) is 1.74. The van der Waals surface area contributed by atoms with E-state index in [0.29, 0.717) is 30.2 Å². The molecule has 0 aromatic heterocycles. The topological polar surface area (TPSA) is 84.9 Å². The maximum Gasteiger partial charge on any atom is 0.259 e. The van der Waals surface area contributed by atoms with Crippen LogP contribution in [0.1, 0.15) is 35.7 Å². The zero-order chi connectivity index (χ0) is 21.5. The number of carbonyl (C=O) groups is 1. The minimum atomic E-state index is -3.79. The molecule has 2 atom stereocenters. The molecule has 7 nitrogen and oxygen atoms in total. The van der Waals surface area contributed by atoms with Crippen LogP contribution in [0.25, 0.3) is 0 Å². The molecule has 160 valence electrons. The smallest absolute Gasteiger partial charge is 0.259 e.